The zero-order chi connectivity index (χ0) is 30.1. The molecule has 1 aromatic heterocycles. The van der Waals surface area contributed by atoms with E-state index in [1.165, 1.54) is 5.56 Å². The molecule has 2 atom stereocenters. The molecule has 0 spiro atoms. The van der Waals surface area contributed by atoms with E-state index in [2.05, 4.69) is 9.88 Å². The van der Waals surface area contributed by atoms with Crippen LogP contribution in [0.25, 0.3) is 0 Å². The Labute approximate surface area is 225 Å². The minimum absolute atomic E-state index is 0.141. The molecule has 2 N–H and O–H groups in total. The van der Waals surface area contributed by atoms with Crippen molar-refractivity contribution in [1.29, 1.82) is 0 Å². The first-order chi connectivity index (χ1) is 18.6. The molecule has 0 aliphatic carbocycles. The number of aryl methyl sites for hydroxylation is 1. The second-order valence-corrected chi connectivity index (χ2v) is 8.86. The molecule has 0 saturated carbocycles. The number of alkyl halides is 6. The van der Waals surface area contributed by atoms with Crippen LogP contribution >= 0.6 is 0 Å². The highest BCUT2D eigenvalue weighted by atomic mass is 19.4. The predicted octanol–water partition coefficient (Wildman–Crippen LogP) is 3.77. The van der Waals surface area contributed by atoms with E-state index in [0.717, 1.165) is 43.9 Å². The third-order valence-corrected chi connectivity index (χ3v) is 5.84. The lowest BCUT2D eigenvalue weighted by Gasteiger charge is -2.37. The largest absolute Gasteiger partial charge is 0.490 e. The summed E-state index contributed by atoms with van der Waals surface area (Å²) >= 11 is 0. The van der Waals surface area contributed by atoms with E-state index in [1.54, 1.807) is 6.20 Å². The van der Waals surface area contributed by atoms with E-state index >= 15 is 0 Å². The van der Waals surface area contributed by atoms with Crippen LogP contribution < -0.4 is 0 Å². The van der Waals surface area contributed by atoms with Crippen LogP contribution in [-0.4, -0.2) is 93.5 Å². The van der Waals surface area contributed by atoms with Crippen LogP contribution in [0.15, 0.2) is 48.7 Å². The van der Waals surface area contributed by atoms with Crippen LogP contribution in [-0.2, 0) is 20.9 Å². The number of fused-ring (bicyclic) bond motifs is 1. The Morgan fingerprint density at radius 2 is 1.50 bits per heavy atom. The number of ether oxygens (including phenoxy) is 1. The Kier molecular flexibility index (Phi) is 11.4. The molecule has 0 radical (unpaired) electrons. The summed E-state index contributed by atoms with van der Waals surface area (Å²) in [5.74, 6) is -5.37. The molecule has 2 fully saturated rings. The van der Waals surface area contributed by atoms with Gasteiger partial charge in [-0.25, -0.2) is 9.59 Å². The van der Waals surface area contributed by atoms with Crippen molar-refractivity contribution >= 4 is 17.8 Å². The quantitative estimate of drug-likeness (QED) is 0.526. The maximum Gasteiger partial charge on any atom is 0.490 e. The monoisotopic (exact) mass is 579 g/mol. The van der Waals surface area contributed by atoms with E-state index in [0.29, 0.717) is 12.6 Å². The summed E-state index contributed by atoms with van der Waals surface area (Å²) in [6.45, 7) is 6.04. The fourth-order valence-corrected chi connectivity index (χ4v) is 3.87. The van der Waals surface area contributed by atoms with Crippen molar-refractivity contribution in [2.75, 3.05) is 26.2 Å². The zero-order valence-electron chi connectivity index (χ0n) is 21.2. The summed E-state index contributed by atoms with van der Waals surface area (Å²) in [6.07, 6.45) is -7.17. The second kappa shape index (κ2) is 14.1. The lowest BCUT2D eigenvalue weighted by atomic mass is 10.1. The number of piperazine rings is 1. The molecule has 4 rings (SSSR count). The maximum atomic E-state index is 12.8. The minimum Gasteiger partial charge on any atom is -0.475 e. The molecule has 40 heavy (non-hydrogen) atoms. The summed E-state index contributed by atoms with van der Waals surface area (Å²) in [4.78, 5) is 39.3. The highest BCUT2D eigenvalue weighted by Crippen LogP contribution is 2.25. The Balaban J connectivity index is 0.000000333. The molecule has 1 aromatic carbocycles. The fourth-order valence-electron chi connectivity index (χ4n) is 3.87. The van der Waals surface area contributed by atoms with Crippen molar-refractivity contribution in [3.05, 3.63) is 65.5 Å². The number of carbonyl (C=O) groups excluding carboxylic acids is 1. The molecule has 2 aromatic rings. The third-order valence-electron chi connectivity index (χ3n) is 5.84. The van der Waals surface area contributed by atoms with Gasteiger partial charge in [0.2, 0.25) is 0 Å². The molecule has 15 heteroatoms. The Morgan fingerprint density at radius 3 is 2.00 bits per heavy atom. The van der Waals surface area contributed by atoms with Gasteiger partial charge in [0.25, 0.3) is 5.91 Å². The number of amides is 1. The van der Waals surface area contributed by atoms with Crippen molar-refractivity contribution in [3.63, 3.8) is 0 Å². The van der Waals surface area contributed by atoms with Gasteiger partial charge < -0.3 is 19.8 Å². The number of carboxylic acid groups (broad SMARTS) is 2. The number of carbonyl (C=O) groups is 3. The van der Waals surface area contributed by atoms with Crippen molar-refractivity contribution < 1.29 is 55.7 Å². The van der Waals surface area contributed by atoms with Crippen LogP contribution in [0.1, 0.15) is 28.0 Å². The first-order valence-electron chi connectivity index (χ1n) is 11.8. The van der Waals surface area contributed by atoms with Crippen LogP contribution in [0.2, 0.25) is 0 Å². The summed E-state index contributed by atoms with van der Waals surface area (Å²) in [5, 5.41) is 14.2. The van der Waals surface area contributed by atoms with E-state index in [-0.39, 0.29) is 12.0 Å². The van der Waals surface area contributed by atoms with Gasteiger partial charge in [-0.2, -0.15) is 26.3 Å². The van der Waals surface area contributed by atoms with Crippen molar-refractivity contribution in [2.45, 2.75) is 44.4 Å². The average Bonchev–Trinajstić information content (AvgIpc) is 3.30. The van der Waals surface area contributed by atoms with Gasteiger partial charge in [0.15, 0.2) is 0 Å². The lowest BCUT2D eigenvalue weighted by molar-refractivity contribution is -0.193. The van der Waals surface area contributed by atoms with E-state index in [9.17, 15) is 31.1 Å². The van der Waals surface area contributed by atoms with Gasteiger partial charge in [-0.05, 0) is 37.6 Å². The van der Waals surface area contributed by atoms with Gasteiger partial charge in [0, 0.05) is 44.0 Å². The Morgan fingerprint density at radius 1 is 0.925 bits per heavy atom. The number of hydrogen-bond acceptors (Lipinski definition) is 6. The van der Waals surface area contributed by atoms with Gasteiger partial charge in [0.1, 0.15) is 0 Å². The molecular weight excluding hydrogens is 552 g/mol. The number of rotatable bonds is 4. The van der Waals surface area contributed by atoms with Gasteiger partial charge in [0.05, 0.1) is 18.4 Å². The Bertz CT molecular complexity index is 1100. The van der Waals surface area contributed by atoms with Crippen LogP contribution in [0.5, 0.6) is 0 Å². The minimum atomic E-state index is -5.08. The molecule has 0 bridgehead atoms. The standard InChI is InChI=1S/C21H25N3O2.2C2HF3O2/c1-16-5-7-17(8-6-16)21(25)24-11-10-23-14-20(12-19(23)13-24)26-15-18-4-2-3-9-22-18;2*3-2(4,5)1(6)7/h2-9,19-20H,10-15H2,1H3;2*(H,6,7)/t19-,20+;;/m0../s1. The van der Waals surface area contributed by atoms with Crippen LogP contribution in [0.4, 0.5) is 26.3 Å². The van der Waals surface area contributed by atoms with Gasteiger partial charge in [-0.1, -0.05) is 23.8 Å². The number of carboxylic acids is 2. The van der Waals surface area contributed by atoms with E-state index in [4.69, 9.17) is 24.5 Å². The number of aromatic nitrogens is 1. The molecule has 9 nitrogen and oxygen atoms in total. The molecule has 1 amide bonds. The second-order valence-electron chi connectivity index (χ2n) is 8.86. The van der Waals surface area contributed by atoms with Gasteiger partial charge in [-0.15, -0.1) is 0 Å². The summed E-state index contributed by atoms with van der Waals surface area (Å²) in [5.41, 5.74) is 2.92. The number of hydrogen-bond donors (Lipinski definition) is 2. The van der Waals surface area contributed by atoms with Crippen LogP contribution in [0, 0.1) is 6.92 Å². The number of nitrogens with zero attached hydrogens (tertiary/aromatic N) is 3. The summed E-state index contributed by atoms with van der Waals surface area (Å²) in [6, 6.07) is 14.1. The first kappa shape index (κ1) is 32.5. The third kappa shape index (κ3) is 10.4. The molecular formula is C25H27F6N3O6. The highest BCUT2D eigenvalue weighted by Gasteiger charge is 2.39. The molecule has 2 aliphatic rings. The van der Waals surface area contributed by atoms with Crippen molar-refractivity contribution in [1.82, 2.24) is 14.8 Å². The van der Waals surface area contributed by atoms with Crippen molar-refractivity contribution in [3.8, 4) is 0 Å². The van der Waals surface area contributed by atoms with E-state index < -0.39 is 24.3 Å². The smallest absolute Gasteiger partial charge is 0.475 e. The average molecular weight is 579 g/mol. The topological polar surface area (TPSA) is 120 Å². The molecule has 0 unspecified atom stereocenters. The summed E-state index contributed by atoms with van der Waals surface area (Å²) < 4.78 is 69.5. The molecule has 2 aliphatic heterocycles. The lowest BCUT2D eigenvalue weighted by Crippen LogP contribution is -2.52. The predicted molar refractivity (Wildman–Crippen MR) is 127 cm³/mol. The number of benzene rings is 1. The summed E-state index contributed by atoms with van der Waals surface area (Å²) in [7, 11) is 0. The number of aliphatic carboxylic acids is 2. The van der Waals surface area contributed by atoms with E-state index in [1.807, 2.05) is 54.3 Å². The number of pyridine rings is 1. The number of halogens is 6. The highest BCUT2D eigenvalue weighted by molar-refractivity contribution is 5.94. The van der Waals surface area contributed by atoms with Crippen LogP contribution in [0.3, 0.4) is 0 Å². The first-order valence-corrected chi connectivity index (χ1v) is 11.8. The van der Waals surface area contributed by atoms with Gasteiger partial charge >= 0.3 is 24.3 Å². The zero-order valence-corrected chi connectivity index (χ0v) is 21.2. The normalized spacial score (nSPS) is 18.9. The molecule has 3 heterocycles. The maximum absolute atomic E-state index is 12.8. The fraction of sp³-hybridized carbons (Fsp3) is 0.440. The molecule has 2 saturated heterocycles. The molecule has 220 valence electrons. The van der Waals surface area contributed by atoms with Gasteiger partial charge in [-0.3, -0.25) is 14.7 Å². The Hall–Kier alpha value is -3.72. The van der Waals surface area contributed by atoms with Crippen molar-refractivity contribution in [2.24, 2.45) is 0 Å². The SMILES string of the molecule is Cc1ccc(C(=O)N2CCN3C[C@H](OCc4ccccn4)C[C@H]3C2)cc1.O=C(O)C(F)(F)F.O=C(O)C(F)(F)F.